The first-order valence-electron chi connectivity index (χ1n) is 12.7. The molecule has 4 aromatic rings. The normalized spacial score (nSPS) is 10.2. The third kappa shape index (κ3) is 8.64. The highest BCUT2D eigenvalue weighted by molar-refractivity contribution is 7.80. The van der Waals surface area contributed by atoms with E-state index < -0.39 is 11.8 Å². The number of ether oxygens (including phenoxy) is 2. The van der Waals surface area contributed by atoms with Gasteiger partial charge < -0.3 is 14.8 Å². The molecule has 4 N–H and O–H groups in total. The summed E-state index contributed by atoms with van der Waals surface area (Å²) in [5.41, 5.74) is 7.60. The molecule has 0 aliphatic carbocycles. The number of rotatable bonds is 9. The molecular formula is C31H28N4O5S. The summed E-state index contributed by atoms with van der Waals surface area (Å²) in [7, 11) is 0. The summed E-state index contributed by atoms with van der Waals surface area (Å²) in [4.78, 5) is 37.8. The maximum Gasteiger partial charge on any atom is 0.269 e. The summed E-state index contributed by atoms with van der Waals surface area (Å²) in [5, 5.41) is 5.21. The van der Waals surface area contributed by atoms with Crippen LogP contribution < -0.4 is 31.0 Å². The van der Waals surface area contributed by atoms with E-state index in [0.29, 0.717) is 29.2 Å². The lowest BCUT2D eigenvalue weighted by atomic mass is 10.1. The summed E-state index contributed by atoms with van der Waals surface area (Å²) in [6.45, 7) is 2.44. The zero-order chi connectivity index (χ0) is 29.0. The van der Waals surface area contributed by atoms with Crippen molar-refractivity contribution in [1.82, 2.24) is 16.2 Å². The fraction of sp³-hybridized carbons (Fsp3) is 0.0968. The molecule has 0 bridgehead atoms. The number of thiocarbonyl (C=S) groups is 1. The highest BCUT2D eigenvalue weighted by Gasteiger charge is 2.15. The maximum atomic E-state index is 12.8. The molecule has 0 unspecified atom stereocenters. The van der Waals surface area contributed by atoms with Crippen molar-refractivity contribution in [2.24, 2.45) is 0 Å². The van der Waals surface area contributed by atoms with Gasteiger partial charge in [0.2, 0.25) is 0 Å². The largest absolute Gasteiger partial charge is 0.490 e. The molecule has 9 nitrogen and oxygen atoms in total. The van der Waals surface area contributed by atoms with Crippen molar-refractivity contribution in [3.8, 4) is 11.5 Å². The van der Waals surface area contributed by atoms with Crippen LogP contribution in [0.15, 0.2) is 103 Å². The highest BCUT2D eigenvalue weighted by Crippen LogP contribution is 2.18. The van der Waals surface area contributed by atoms with Gasteiger partial charge in [0.1, 0.15) is 24.7 Å². The molecule has 0 aliphatic rings. The summed E-state index contributed by atoms with van der Waals surface area (Å²) >= 11 is 5.16. The first kappa shape index (κ1) is 28.8. The van der Waals surface area contributed by atoms with Crippen molar-refractivity contribution in [2.45, 2.75) is 6.92 Å². The van der Waals surface area contributed by atoms with Crippen LogP contribution in [-0.2, 0) is 0 Å². The second-order valence-corrected chi connectivity index (χ2v) is 9.18. The molecule has 0 aliphatic heterocycles. The lowest BCUT2D eigenvalue weighted by Gasteiger charge is -2.14. The van der Waals surface area contributed by atoms with E-state index in [2.05, 4.69) is 21.5 Å². The molecule has 0 heterocycles. The van der Waals surface area contributed by atoms with Gasteiger partial charge in [-0.05, 0) is 79.8 Å². The number of nitrogens with one attached hydrogen (secondary N) is 4. The number of hydrazine groups is 1. The van der Waals surface area contributed by atoms with Gasteiger partial charge in [0.05, 0.1) is 5.56 Å². The van der Waals surface area contributed by atoms with E-state index in [1.807, 2.05) is 49.4 Å². The van der Waals surface area contributed by atoms with Crippen LogP contribution in [0.1, 0.15) is 36.6 Å². The Morgan fingerprint density at radius 1 is 0.683 bits per heavy atom. The quantitative estimate of drug-likeness (QED) is 0.132. The van der Waals surface area contributed by atoms with Crippen molar-refractivity contribution in [2.75, 3.05) is 18.5 Å². The maximum absolute atomic E-state index is 12.8. The Balaban J connectivity index is 1.23. The van der Waals surface area contributed by atoms with E-state index in [1.165, 1.54) is 0 Å². The number of carbonyl (C=O) groups is 3. The minimum absolute atomic E-state index is 0.104. The van der Waals surface area contributed by atoms with Crippen LogP contribution in [0.5, 0.6) is 11.5 Å². The van der Waals surface area contributed by atoms with Crippen LogP contribution in [0.4, 0.5) is 5.69 Å². The fourth-order valence-electron chi connectivity index (χ4n) is 3.69. The third-order valence-electron chi connectivity index (χ3n) is 5.69. The number of carbonyl (C=O) groups excluding carboxylic acids is 3. The Morgan fingerprint density at radius 3 is 2.15 bits per heavy atom. The predicted molar refractivity (Wildman–Crippen MR) is 160 cm³/mol. The van der Waals surface area contributed by atoms with Crippen molar-refractivity contribution in [3.63, 3.8) is 0 Å². The monoisotopic (exact) mass is 568 g/mol. The molecule has 0 spiro atoms. The molecule has 0 fully saturated rings. The first-order chi connectivity index (χ1) is 19.9. The van der Waals surface area contributed by atoms with Gasteiger partial charge in [-0.25, -0.2) is 0 Å². The van der Waals surface area contributed by atoms with Crippen LogP contribution in [0.2, 0.25) is 0 Å². The Morgan fingerprint density at radius 2 is 1.39 bits per heavy atom. The molecule has 10 heteroatoms. The van der Waals surface area contributed by atoms with Gasteiger partial charge in [-0.3, -0.25) is 30.6 Å². The van der Waals surface area contributed by atoms with E-state index in [0.717, 1.165) is 11.3 Å². The van der Waals surface area contributed by atoms with Crippen molar-refractivity contribution < 1.29 is 23.9 Å². The summed E-state index contributed by atoms with van der Waals surface area (Å²) < 4.78 is 11.4. The van der Waals surface area contributed by atoms with Gasteiger partial charge in [0.25, 0.3) is 17.7 Å². The Kier molecular flexibility index (Phi) is 10.0. The first-order valence-corrected chi connectivity index (χ1v) is 13.1. The molecule has 0 aromatic heterocycles. The number of hydrogen-bond donors (Lipinski definition) is 4. The average Bonchev–Trinajstić information content (AvgIpc) is 2.99. The molecule has 0 saturated heterocycles. The molecule has 3 amide bonds. The van der Waals surface area contributed by atoms with Crippen LogP contribution in [0.25, 0.3) is 0 Å². The Bertz CT molecular complexity index is 1530. The van der Waals surface area contributed by atoms with Gasteiger partial charge >= 0.3 is 0 Å². The second kappa shape index (κ2) is 14.2. The lowest BCUT2D eigenvalue weighted by molar-refractivity contribution is 0.0933. The molecule has 4 rings (SSSR count). The van der Waals surface area contributed by atoms with Crippen molar-refractivity contribution in [1.29, 1.82) is 0 Å². The van der Waals surface area contributed by atoms with Crippen LogP contribution >= 0.6 is 12.2 Å². The van der Waals surface area contributed by atoms with Crippen molar-refractivity contribution >= 4 is 40.7 Å². The molecule has 4 aromatic carbocycles. The SMILES string of the molecule is Cc1cccc(C(=O)Nc2ccc(C(=O)NNC(=S)NC(=O)c3ccccc3OCCOc3ccccc3)cc2)c1. The minimum atomic E-state index is -0.509. The van der Waals surface area contributed by atoms with E-state index in [-0.39, 0.29) is 23.2 Å². The van der Waals surface area contributed by atoms with E-state index in [1.54, 1.807) is 60.7 Å². The highest BCUT2D eigenvalue weighted by atomic mass is 32.1. The Labute approximate surface area is 242 Å². The number of hydrogen-bond acceptors (Lipinski definition) is 6. The average molecular weight is 569 g/mol. The second-order valence-electron chi connectivity index (χ2n) is 8.77. The fourth-order valence-corrected chi connectivity index (χ4v) is 3.83. The van der Waals surface area contributed by atoms with E-state index in [9.17, 15) is 14.4 Å². The zero-order valence-corrected chi connectivity index (χ0v) is 23.0. The van der Waals surface area contributed by atoms with Gasteiger partial charge in [-0.2, -0.15) is 0 Å². The van der Waals surface area contributed by atoms with Crippen LogP contribution in [0, 0.1) is 6.92 Å². The van der Waals surface area contributed by atoms with Gasteiger partial charge in [-0.15, -0.1) is 0 Å². The van der Waals surface area contributed by atoms with Gasteiger partial charge in [-0.1, -0.05) is 48.0 Å². The van der Waals surface area contributed by atoms with E-state index >= 15 is 0 Å². The number of amides is 3. The van der Waals surface area contributed by atoms with Gasteiger partial charge in [0, 0.05) is 16.8 Å². The smallest absolute Gasteiger partial charge is 0.269 e. The number of anilines is 1. The Hall–Kier alpha value is -5.22. The van der Waals surface area contributed by atoms with E-state index in [4.69, 9.17) is 21.7 Å². The summed E-state index contributed by atoms with van der Waals surface area (Å²) in [6, 6.07) is 29.6. The topological polar surface area (TPSA) is 118 Å². The molecule has 208 valence electrons. The number of aryl methyl sites for hydroxylation is 1. The lowest BCUT2D eigenvalue weighted by Crippen LogP contribution is -2.48. The van der Waals surface area contributed by atoms with Crippen LogP contribution in [-0.4, -0.2) is 36.0 Å². The zero-order valence-electron chi connectivity index (χ0n) is 22.2. The minimum Gasteiger partial charge on any atom is -0.490 e. The summed E-state index contributed by atoms with van der Waals surface area (Å²) in [6.07, 6.45) is 0. The number of para-hydroxylation sites is 2. The predicted octanol–water partition coefficient (Wildman–Crippen LogP) is 4.65. The summed E-state index contributed by atoms with van der Waals surface area (Å²) in [5.74, 6) is -0.156. The molecular weight excluding hydrogens is 540 g/mol. The third-order valence-corrected chi connectivity index (χ3v) is 5.89. The number of benzene rings is 4. The van der Waals surface area contributed by atoms with Gasteiger partial charge in [0.15, 0.2) is 5.11 Å². The molecule has 0 radical (unpaired) electrons. The molecule has 41 heavy (non-hydrogen) atoms. The van der Waals surface area contributed by atoms with Crippen LogP contribution in [0.3, 0.4) is 0 Å². The molecule has 0 saturated carbocycles. The van der Waals surface area contributed by atoms with Crippen molar-refractivity contribution in [3.05, 3.63) is 125 Å². The molecule has 0 atom stereocenters. The standard InChI is InChI=1S/C31H28N4O5S/c1-21-8-7-9-23(20-21)28(36)32-24-16-14-22(15-17-24)29(37)34-35-31(41)33-30(38)26-12-5-6-13-27(26)40-19-18-39-25-10-3-2-4-11-25/h2-17,20H,18-19H2,1H3,(H,32,36)(H,34,37)(H2,33,35,38,41).